The highest BCUT2D eigenvalue weighted by molar-refractivity contribution is 5.88. The first-order valence-corrected chi connectivity index (χ1v) is 10.2. The molecule has 32 heavy (non-hydrogen) atoms. The molecule has 2 aromatic heterocycles. The first kappa shape index (κ1) is 19.7. The molecule has 0 N–H and O–H groups in total. The number of allylic oxidation sites excluding steroid dienone is 1. The molecule has 0 aliphatic carbocycles. The van der Waals surface area contributed by atoms with Crippen LogP contribution in [0, 0.1) is 11.3 Å². The third-order valence-electron chi connectivity index (χ3n) is 5.20. The van der Waals surface area contributed by atoms with E-state index in [1.165, 1.54) is 6.33 Å². The minimum absolute atomic E-state index is 0.425. The Bertz CT molecular complexity index is 1250. The third kappa shape index (κ3) is 3.87. The maximum atomic E-state index is 9.98. The maximum Gasteiger partial charge on any atom is 0.232 e. The number of para-hydroxylation sites is 1. The third-order valence-corrected chi connectivity index (χ3v) is 5.20. The van der Waals surface area contributed by atoms with E-state index in [4.69, 9.17) is 4.74 Å². The van der Waals surface area contributed by atoms with Gasteiger partial charge in [-0.2, -0.15) is 10.4 Å². The Balaban J connectivity index is 1.55. The zero-order chi connectivity index (χ0) is 21.8. The van der Waals surface area contributed by atoms with Gasteiger partial charge in [0.25, 0.3) is 0 Å². The van der Waals surface area contributed by atoms with Crippen LogP contribution in [0.3, 0.4) is 0 Å². The Hall–Kier alpha value is -4.29. The number of nitriles is 1. The molecule has 0 unspecified atom stereocenters. The molecule has 2 aromatic carbocycles. The Kier molecular flexibility index (Phi) is 5.43. The SMILES string of the molecule is N#C/C(=C/c1ccc(-n2cncn2)cc1)c1nnc(N2CCOCC2)n1-c1ccccc1. The topological polar surface area (TPSA) is 97.7 Å². The summed E-state index contributed by atoms with van der Waals surface area (Å²) >= 11 is 0. The molecule has 0 radical (unpaired) electrons. The highest BCUT2D eigenvalue weighted by Gasteiger charge is 2.23. The molecule has 9 heteroatoms. The highest BCUT2D eigenvalue weighted by Crippen LogP contribution is 2.26. The fourth-order valence-corrected chi connectivity index (χ4v) is 3.61. The summed E-state index contributed by atoms with van der Waals surface area (Å²) < 4.78 is 9.10. The van der Waals surface area contributed by atoms with E-state index >= 15 is 0 Å². The molecule has 1 fully saturated rings. The quantitative estimate of drug-likeness (QED) is 0.454. The largest absolute Gasteiger partial charge is 0.378 e. The molecule has 4 aromatic rings. The number of anilines is 1. The molecular weight excluding hydrogens is 404 g/mol. The average Bonchev–Trinajstić information content (AvgIpc) is 3.55. The molecule has 9 nitrogen and oxygen atoms in total. The van der Waals surface area contributed by atoms with Crippen molar-refractivity contribution in [2.45, 2.75) is 0 Å². The van der Waals surface area contributed by atoms with Gasteiger partial charge in [0, 0.05) is 13.1 Å². The van der Waals surface area contributed by atoms with E-state index < -0.39 is 0 Å². The lowest BCUT2D eigenvalue weighted by Gasteiger charge is -2.28. The lowest BCUT2D eigenvalue weighted by molar-refractivity contribution is 0.122. The van der Waals surface area contributed by atoms with Crippen molar-refractivity contribution in [3.05, 3.63) is 78.6 Å². The predicted molar refractivity (Wildman–Crippen MR) is 119 cm³/mol. The lowest BCUT2D eigenvalue weighted by atomic mass is 10.1. The number of ether oxygens (including phenoxy) is 1. The summed E-state index contributed by atoms with van der Waals surface area (Å²) in [4.78, 5) is 6.10. The highest BCUT2D eigenvalue weighted by atomic mass is 16.5. The number of benzene rings is 2. The number of aromatic nitrogens is 6. The minimum atomic E-state index is 0.425. The molecule has 0 amide bonds. The standard InChI is InChI=1S/C23H20N8O/c24-15-19(14-18-6-8-20(9-7-18)30-17-25-16-26-30)22-27-28-23(29-10-12-32-13-11-29)31(22)21-4-2-1-3-5-21/h1-9,14,16-17H,10-13H2/b19-14-. The number of morpholine rings is 1. The van der Waals surface area contributed by atoms with Crippen molar-refractivity contribution in [2.75, 3.05) is 31.2 Å². The Morgan fingerprint density at radius 2 is 1.75 bits per heavy atom. The number of hydrogen-bond acceptors (Lipinski definition) is 7. The summed E-state index contributed by atoms with van der Waals surface area (Å²) in [6.45, 7) is 2.72. The summed E-state index contributed by atoms with van der Waals surface area (Å²) in [5, 5.41) is 23.0. The van der Waals surface area contributed by atoms with Crippen LogP contribution >= 0.6 is 0 Å². The van der Waals surface area contributed by atoms with Crippen LogP contribution in [0.2, 0.25) is 0 Å². The van der Waals surface area contributed by atoms with Gasteiger partial charge in [-0.3, -0.25) is 4.57 Å². The van der Waals surface area contributed by atoms with Crippen molar-refractivity contribution < 1.29 is 4.74 Å². The average molecular weight is 424 g/mol. The zero-order valence-electron chi connectivity index (χ0n) is 17.2. The number of hydrogen-bond donors (Lipinski definition) is 0. The van der Waals surface area contributed by atoms with Gasteiger partial charge in [0.2, 0.25) is 5.95 Å². The van der Waals surface area contributed by atoms with E-state index in [0.717, 1.165) is 30.0 Å². The molecule has 0 spiro atoms. The van der Waals surface area contributed by atoms with Gasteiger partial charge in [-0.1, -0.05) is 30.3 Å². The van der Waals surface area contributed by atoms with Gasteiger partial charge in [0.15, 0.2) is 5.82 Å². The molecule has 1 aliphatic heterocycles. The fraction of sp³-hybridized carbons (Fsp3) is 0.174. The Morgan fingerprint density at radius 1 is 0.969 bits per heavy atom. The summed E-state index contributed by atoms with van der Waals surface area (Å²) in [5.74, 6) is 1.21. The van der Waals surface area contributed by atoms with Crippen LogP contribution in [0.5, 0.6) is 0 Å². The van der Waals surface area contributed by atoms with Gasteiger partial charge >= 0.3 is 0 Å². The van der Waals surface area contributed by atoms with Crippen LogP contribution in [-0.2, 0) is 4.74 Å². The van der Waals surface area contributed by atoms with Gasteiger partial charge in [0.05, 0.1) is 30.2 Å². The normalized spacial score (nSPS) is 14.3. The van der Waals surface area contributed by atoms with Gasteiger partial charge < -0.3 is 9.64 Å². The second-order valence-corrected chi connectivity index (χ2v) is 7.20. The van der Waals surface area contributed by atoms with Crippen molar-refractivity contribution in [3.8, 4) is 17.4 Å². The molecule has 0 saturated carbocycles. The number of nitrogens with zero attached hydrogens (tertiary/aromatic N) is 8. The fourth-order valence-electron chi connectivity index (χ4n) is 3.61. The van der Waals surface area contributed by atoms with Gasteiger partial charge in [-0.05, 0) is 35.9 Å². The molecule has 158 valence electrons. The monoisotopic (exact) mass is 424 g/mol. The minimum Gasteiger partial charge on any atom is -0.378 e. The van der Waals surface area contributed by atoms with Crippen molar-refractivity contribution in [2.24, 2.45) is 0 Å². The van der Waals surface area contributed by atoms with Crippen LogP contribution < -0.4 is 4.90 Å². The van der Waals surface area contributed by atoms with E-state index in [0.29, 0.717) is 30.6 Å². The molecule has 5 rings (SSSR count). The van der Waals surface area contributed by atoms with E-state index in [1.807, 2.05) is 65.2 Å². The lowest BCUT2D eigenvalue weighted by Crippen LogP contribution is -2.38. The molecule has 1 saturated heterocycles. The molecular formula is C23H20N8O. The van der Waals surface area contributed by atoms with Crippen LogP contribution in [0.25, 0.3) is 23.0 Å². The van der Waals surface area contributed by atoms with E-state index in [9.17, 15) is 5.26 Å². The molecule has 3 heterocycles. The number of rotatable bonds is 5. The smallest absolute Gasteiger partial charge is 0.232 e. The van der Waals surface area contributed by atoms with E-state index in [-0.39, 0.29) is 0 Å². The van der Waals surface area contributed by atoms with Crippen molar-refractivity contribution in [1.82, 2.24) is 29.5 Å². The second-order valence-electron chi connectivity index (χ2n) is 7.20. The first-order chi connectivity index (χ1) is 15.8. The zero-order valence-corrected chi connectivity index (χ0v) is 17.2. The van der Waals surface area contributed by atoms with Crippen LogP contribution in [0.1, 0.15) is 11.4 Å². The maximum absolute atomic E-state index is 9.98. The summed E-state index contributed by atoms with van der Waals surface area (Å²) in [7, 11) is 0. The van der Waals surface area contributed by atoms with Crippen molar-refractivity contribution in [3.63, 3.8) is 0 Å². The molecule has 0 bridgehead atoms. The van der Waals surface area contributed by atoms with E-state index in [2.05, 4.69) is 31.2 Å². The van der Waals surface area contributed by atoms with E-state index in [1.54, 1.807) is 11.0 Å². The summed E-state index contributed by atoms with van der Waals surface area (Å²) in [6, 6.07) is 19.9. The Morgan fingerprint density at radius 3 is 2.44 bits per heavy atom. The van der Waals surface area contributed by atoms with Crippen molar-refractivity contribution >= 4 is 17.6 Å². The van der Waals surface area contributed by atoms with Gasteiger partial charge in [0.1, 0.15) is 18.7 Å². The van der Waals surface area contributed by atoms with Gasteiger partial charge in [-0.15, -0.1) is 10.2 Å². The molecule has 0 atom stereocenters. The van der Waals surface area contributed by atoms with Crippen LogP contribution in [-0.4, -0.2) is 55.8 Å². The predicted octanol–water partition coefficient (Wildman–Crippen LogP) is 2.75. The second kappa shape index (κ2) is 8.83. The summed E-state index contributed by atoms with van der Waals surface area (Å²) in [5.41, 5.74) is 3.09. The van der Waals surface area contributed by atoms with Crippen LogP contribution in [0.15, 0.2) is 67.3 Å². The Labute approximate surface area is 184 Å². The summed E-state index contributed by atoms with van der Waals surface area (Å²) in [6.07, 6.45) is 4.95. The first-order valence-electron chi connectivity index (χ1n) is 10.2. The van der Waals surface area contributed by atoms with Gasteiger partial charge in [-0.25, -0.2) is 9.67 Å². The van der Waals surface area contributed by atoms with Crippen LogP contribution in [0.4, 0.5) is 5.95 Å². The molecule has 1 aliphatic rings. The van der Waals surface area contributed by atoms with Crippen molar-refractivity contribution in [1.29, 1.82) is 5.26 Å².